The Bertz CT molecular complexity index is 4460. The zero-order valence-corrected chi connectivity index (χ0v) is 45.7. The van der Waals surface area contributed by atoms with Gasteiger partial charge in [0.15, 0.2) is 0 Å². The van der Waals surface area contributed by atoms with Gasteiger partial charge in [-0.05, 0) is 105 Å². The first-order valence-corrected chi connectivity index (χ1v) is 27.2. The summed E-state index contributed by atoms with van der Waals surface area (Å²) in [7, 11) is 0. The second kappa shape index (κ2) is 20.3. The molecule has 1 aliphatic heterocycles. The summed E-state index contributed by atoms with van der Waals surface area (Å²) in [6.07, 6.45) is 1.71. The van der Waals surface area contributed by atoms with Crippen molar-refractivity contribution < 1.29 is 16.3 Å². The van der Waals surface area contributed by atoms with E-state index in [9.17, 15) is 2.74 Å². The van der Waals surface area contributed by atoms with Gasteiger partial charge in [-0.25, -0.2) is 4.98 Å². The number of pyridine rings is 1. The number of benzene rings is 10. The lowest BCUT2D eigenvalue weighted by atomic mass is 9.82. The van der Waals surface area contributed by atoms with Crippen LogP contribution in [0.1, 0.15) is 59.5 Å². The van der Waals surface area contributed by atoms with Gasteiger partial charge in [0, 0.05) is 63.1 Å². The van der Waals surface area contributed by atoms with Gasteiger partial charge >= 0.3 is 0 Å². The Balaban J connectivity index is 0.884. The van der Waals surface area contributed by atoms with Crippen LogP contribution in [-0.4, -0.2) is 16.2 Å². The van der Waals surface area contributed by atoms with Crippen molar-refractivity contribution in [1.29, 1.82) is 0 Å². The van der Waals surface area contributed by atoms with E-state index in [0.29, 0.717) is 46.6 Å². The lowest BCUT2D eigenvalue weighted by molar-refractivity contribution is 0.483. The van der Waals surface area contributed by atoms with E-state index in [0.717, 1.165) is 83.5 Å². The van der Waals surface area contributed by atoms with Crippen LogP contribution < -0.4 is 19.3 Å². The molecule has 0 fully saturated rings. The predicted molar refractivity (Wildman–Crippen MR) is 333 cm³/mol. The van der Waals surface area contributed by atoms with E-state index in [-0.39, 0.29) is 23.1 Å². The molecule has 12 aromatic rings. The molecule has 80 heavy (non-hydrogen) atoms. The van der Waals surface area contributed by atoms with Crippen molar-refractivity contribution in [2.75, 3.05) is 16.5 Å². The van der Waals surface area contributed by atoms with Crippen LogP contribution in [0.15, 0.2) is 255 Å². The van der Waals surface area contributed by atoms with Crippen molar-refractivity contribution in [2.24, 2.45) is 0 Å². The van der Waals surface area contributed by atoms with Gasteiger partial charge in [0.2, 0.25) is 0 Å². The summed E-state index contributed by atoms with van der Waals surface area (Å²) in [5.41, 5.74) is 14.3. The Morgan fingerprint density at radius 1 is 0.425 bits per heavy atom. The third kappa shape index (κ3) is 9.43. The van der Waals surface area contributed by atoms with Gasteiger partial charge in [0.1, 0.15) is 35.5 Å². The largest absolute Gasteiger partial charge is 0.457 e. The Labute approximate surface area is 476 Å². The minimum absolute atomic E-state index is 0.0589. The van der Waals surface area contributed by atoms with Crippen LogP contribution in [0.3, 0.4) is 0 Å². The van der Waals surface area contributed by atoms with Gasteiger partial charge in [-0.15, -0.1) is 0 Å². The van der Waals surface area contributed by atoms with E-state index in [1.807, 2.05) is 42.5 Å². The van der Waals surface area contributed by atoms with Crippen LogP contribution in [-0.2, 0) is 10.8 Å². The highest BCUT2D eigenvalue weighted by Crippen LogP contribution is 2.51. The van der Waals surface area contributed by atoms with Gasteiger partial charge in [0.25, 0.3) is 0 Å². The minimum atomic E-state index is -0.460. The Morgan fingerprint density at radius 2 is 1.00 bits per heavy atom. The van der Waals surface area contributed by atoms with Gasteiger partial charge in [-0.1, -0.05) is 211 Å². The molecule has 0 saturated carbocycles. The Hall–Kier alpha value is -9.65. The maximum absolute atomic E-state index is 9.24. The summed E-state index contributed by atoms with van der Waals surface area (Å²) < 4.78 is 60.6. The number of nitrogens with zero attached hydrogens (tertiary/aromatic N) is 4. The summed E-state index contributed by atoms with van der Waals surface area (Å²) >= 11 is 0. The summed E-state index contributed by atoms with van der Waals surface area (Å²) in [5.74, 6) is 2.68. The molecule has 6 heteroatoms. The van der Waals surface area contributed by atoms with E-state index in [1.54, 1.807) is 12.3 Å². The fourth-order valence-corrected chi connectivity index (χ4v) is 11.1. The third-order valence-corrected chi connectivity index (χ3v) is 15.2. The number of ether oxygens (including phenoxy) is 2. The van der Waals surface area contributed by atoms with Crippen LogP contribution in [0.5, 0.6) is 23.0 Å². The lowest BCUT2D eigenvalue weighted by Crippen LogP contribution is -2.24. The highest BCUT2D eigenvalue weighted by Gasteiger charge is 2.32. The zero-order chi connectivity index (χ0) is 58.9. The minimum Gasteiger partial charge on any atom is -0.457 e. The Morgan fingerprint density at radius 3 is 1.69 bits per heavy atom. The highest BCUT2D eigenvalue weighted by atomic mass is 16.5. The first kappa shape index (κ1) is 44.3. The zero-order valence-electron chi connectivity index (χ0n) is 50.7. The van der Waals surface area contributed by atoms with Gasteiger partial charge in [-0.2, -0.15) is 0 Å². The molecule has 3 heterocycles. The molecule has 13 rings (SSSR count). The van der Waals surface area contributed by atoms with Gasteiger partial charge < -0.3 is 19.3 Å². The predicted octanol–water partition coefficient (Wildman–Crippen LogP) is 20.3. The quantitative estimate of drug-likeness (QED) is 0.129. The first-order valence-electron chi connectivity index (χ1n) is 29.7. The van der Waals surface area contributed by atoms with Crippen molar-refractivity contribution in [3.8, 4) is 73.3 Å². The third-order valence-electron chi connectivity index (χ3n) is 15.2. The van der Waals surface area contributed by atoms with E-state index in [4.69, 9.17) is 18.6 Å². The molecular formula is C74H62N4O2. The maximum atomic E-state index is 9.24. The highest BCUT2D eigenvalue weighted by molar-refractivity contribution is 6.09. The maximum Gasteiger partial charge on any atom is 0.143 e. The molecule has 1 aliphatic rings. The van der Waals surface area contributed by atoms with E-state index < -0.39 is 23.5 Å². The van der Waals surface area contributed by atoms with Crippen molar-refractivity contribution in [3.05, 3.63) is 266 Å². The molecule has 0 unspecified atom stereocenters. The molecule has 6 nitrogen and oxygen atoms in total. The SMILES string of the molecule is [2H]c1c([2H])c([2H])c(-c2cc(C(C)(C)C)cc(-c3ccc(C(C)(C)C)cc3)c2Oc2ccnc(-n3c4ccccc4c4ccc(Oc5cccc(N6CN(c7c(-c8ccccc8)cccc7-c7ccccc7)c7ccccc76)c5)cc43)c2)c([2H])c1[2H]. The fourth-order valence-electron chi connectivity index (χ4n) is 11.1. The van der Waals surface area contributed by atoms with Crippen molar-refractivity contribution in [2.45, 2.75) is 52.4 Å². The lowest BCUT2D eigenvalue weighted by Gasteiger charge is -2.27. The van der Waals surface area contributed by atoms with Crippen molar-refractivity contribution >= 4 is 44.6 Å². The van der Waals surface area contributed by atoms with E-state index >= 15 is 0 Å². The number of aromatic nitrogens is 2. The second-order valence-electron chi connectivity index (χ2n) is 22.5. The topological polar surface area (TPSA) is 42.8 Å². The number of fused-ring (bicyclic) bond motifs is 4. The Kier molecular flexibility index (Phi) is 11.2. The molecule has 0 spiro atoms. The van der Waals surface area contributed by atoms with E-state index in [2.05, 4.69) is 226 Å². The van der Waals surface area contributed by atoms with Crippen molar-refractivity contribution in [3.63, 3.8) is 0 Å². The molecule has 390 valence electrons. The molecule has 10 aromatic carbocycles. The molecule has 0 N–H and O–H groups in total. The molecule has 0 atom stereocenters. The monoisotopic (exact) mass is 1040 g/mol. The smallest absolute Gasteiger partial charge is 0.143 e. The summed E-state index contributed by atoms with van der Waals surface area (Å²) in [4.78, 5) is 9.77. The normalized spacial score (nSPS) is 13.4. The van der Waals surface area contributed by atoms with Gasteiger partial charge in [-0.3, -0.25) is 4.57 Å². The molecule has 2 aromatic heterocycles. The van der Waals surface area contributed by atoms with Crippen molar-refractivity contribution in [1.82, 2.24) is 9.55 Å². The van der Waals surface area contributed by atoms with Crippen LogP contribution in [0.2, 0.25) is 0 Å². The molecule has 0 saturated heterocycles. The van der Waals surface area contributed by atoms with Crippen LogP contribution in [0, 0.1) is 0 Å². The van der Waals surface area contributed by atoms with Crippen LogP contribution in [0.25, 0.3) is 72.1 Å². The summed E-state index contributed by atoms with van der Waals surface area (Å²) in [6.45, 7) is 13.4. The van der Waals surface area contributed by atoms with Crippen LogP contribution in [0.4, 0.5) is 22.7 Å². The molecule has 0 bridgehead atoms. The number of hydrogen-bond donors (Lipinski definition) is 0. The number of anilines is 4. The molecular weight excluding hydrogens is 977 g/mol. The fraction of sp³-hybridized carbons (Fsp3) is 0.122. The standard InChI is InChI=1S/C74H62N4O2/c1-73(2,3)54-38-36-53(37-39-54)65-45-55(74(4,5)6)44-64(52-26-14-9-15-27-52)72(65)80-59-42-43-75-70(48-59)78-66-33-17-16-30-62(66)63-41-40-58(47-69(63)78)79-57-29-20-28-56(46-57)76-49-77(68-35-19-18-34-67(68)76)71-60(50-22-10-7-11-23-50)31-21-32-61(71)51-24-12-8-13-25-51/h7-48H,49H2,1-6H3/i9D,14D,15D,26D,27D. The second-order valence-corrected chi connectivity index (χ2v) is 22.5. The van der Waals surface area contributed by atoms with E-state index in [1.165, 1.54) is 0 Å². The average Bonchev–Trinajstić information content (AvgIpc) is 2.59. The number of hydrogen-bond acceptors (Lipinski definition) is 5. The number of rotatable bonds is 11. The molecule has 0 amide bonds. The molecule has 0 aliphatic carbocycles. The molecule has 0 radical (unpaired) electrons. The number of para-hydroxylation sites is 4. The first-order chi connectivity index (χ1) is 41.0. The van der Waals surface area contributed by atoms with Gasteiger partial charge in [0.05, 0.1) is 34.9 Å². The average molecular weight is 1040 g/mol. The summed E-state index contributed by atoms with van der Waals surface area (Å²) in [5, 5.41) is 2.04. The van der Waals surface area contributed by atoms with Crippen LogP contribution >= 0.6 is 0 Å². The summed E-state index contributed by atoms with van der Waals surface area (Å²) in [6, 6.07) is 73.2.